The van der Waals surface area contributed by atoms with E-state index in [0.29, 0.717) is 11.3 Å². The molecule has 0 unspecified atom stereocenters. The molecule has 5 nitrogen and oxygen atoms in total. The fourth-order valence-electron chi connectivity index (χ4n) is 2.61. The van der Waals surface area contributed by atoms with E-state index in [4.69, 9.17) is 4.42 Å². The summed E-state index contributed by atoms with van der Waals surface area (Å²) in [4.78, 5) is 4.53. The van der Waals surface area contributed by atoms with E-state index < -0.39 is 6.61 Å². The third-order valence-electron chi connectivity index (χ3n) is 3.79. The first-order valence-corrected chi connectivity index (χ1v) is 7.85. The van der Waals surface area contributed by atoms with Crippen LogP contribution in [0, 0.1) is 6.92 Å². The molecule has 0 bridgehead atoms. The average molecular weight is 353 g/mol. The predicted molar refractivity (Wildman–Crippen MR) is 91.8 cm³/mol. The molecule has 7 heteroatoms. The van der Waals surface area contributed by atoms with Crippen LogP contribution in [0.15, 0.2) is 59.0 Å². The van der Waals surface area contributed by atoms with Crippen molar-refractivity contribution in [2.24, 2.45) is 0 Å². The summed E-state index contributed by atoms with van der Waals surface area (Å²) in [6.45, 7) is -0.877. The van der Waals surface area contributed by atoms with E-state index >= 15 is 0 Å². The molecule has 0 fully saturated rings. The minimum absolute atomic E-state index is 0.0245. The number of alkyl halides is 2. The number of aromatic nitrogens is 3. The highest BCUT2D eigenvalue weighted by molar-refractivity contribution is 5.81. The van der Waals surface area contributed by atoms with Crippen LogP contribution in [-0.2, 0) is 0 Å². The van der Waals surface area contributed by atoms with Gasteiger partial charge in [-0.1, -0.05) is 23.8 Å². The highest BCUT2D eigenvalue weighted by atomic mass is 19.3. The molecule has 0 spiro atoms. The molecule has 130 valence electrons. The summed E-state index contributed by atoms with van der Waals surface area (Å²) in [5, 5.41) is 9.01. The van der Waals surface area contributed by atoms with Gasteiger partial charge >= 0.3 is 6.61 Å². The Morgan fingerprint density at radius 1 is 0.962 bits per heavy atom. The number of ether oxygens (including phenoxy) is 1. The Kier molecular flexibility index (Phi) is 4.04. The lowest BCUT2D eigenvalue weighted by Crippen LogP contribution is -2.01. The maximum absolute atomic E-state index is 12.4. The lowest BCUT2D eigenvalue weighted by Gasteiger charge is -2.04. The number of benzene rings is 2. The van der Waals surface area contributed by atoms with Crippen molar-refractivity contribution in [3.05, 3.63) is 60.2 Å². The van der Waals surface area contributed by atoms with Crippen molar-refractivity contribution in [1.29, 1.82) is 0 Å². The van der Waals surface area contributed by atoms with Gasteiger partial charge in [-0.3, -0.25) is 0 Å². The minimum Gasteiger partial charge on any atom is -0.435 e. The lowest BCUT2D eigenvalue weighted by molar-refractivity contribution is -0.0498. The van der Waals surface area contributed by atoms with Gasteiger partial charge in [0, 0.05) is 10.9 Å². The van der Waals surface area contributed by atoms with Crippen LogP contribution in [0.1, 0.15) is 5.56 Å². The van der Waals surface area contributed by atoms with Crippen LogP contribution in [0.4, 0.5) is 8.78 Å². The van der Waals surface area contributed by atoms with Gasteiger partial charge in [-0.25, -0.2) is 4.98 Å². The molecular weight excluding hydrogens is 340 g/mol. The Morgan fingerprint density at radius 2 is 1.81 bits per heavy atom. The summed E-state index contributed by atoms with van der Waals surface area (Å²) >= 11 is 0. The van der Waals surface area contributed by atoms with Crippen LogP contribution in [0.5, 0.6) is 5.75 Å². The van der Waals surface area contributed by atoms with Gasteiger partial charge in [-0.15, -0.1) is 10.2 Å². The molecule has 4 aromatic rings. The third kappa shape index (κ3) is 3.23. The summed E-state index contributed by atoms with van der Waals surface area (Å²) in [7, 11) is 0. The zero-order chi connectivity index (χ0) is 18.1. The van der Waals surface area contributed by atoms with Crippen LogP contribution in [0.3, 0.4) is 0 Å². The molecule has 0 saturated heterocycles. The van der Waals surface area contributed by atoms with Gasteiger partial charge in [0.2, 0.25) is 5.89 Å². The molecule has 2 aromatic heterocycles. The molecule has 0 aliphatic heterocycles. The van der Waals surface area contributed by atoms with Crippen molar-refractivity contribution in [1.82, 2.24) is 15.2 Å². The Hall–Kier alpha value is -3.35. The Morgan fingerprint density at radius 3 is 2.65 bits per heavy atom. The molecule has 0 atom stereocenters. The minimum atomic E-state index is -2.89. The van der Waals surface area contributed by atoms with Gasteiger partial charge in [0.05, 0.1) is 5.52 Å². The first kappa shape index (κ1) is 16.1. The number of pyridine rings is 1. The fourth-order valence-corrected chi connectivity index (χ4v) is 2.61. The molecule has 2 heterocycles. The first-order chi connectivity index (χ1) is 12.6. The van der Waals surface area contributed by atoms with Crippen LogP contribution < -0.4 is 4.74 Å². The summed E-state index contributed by atoms with van der Waals surface area (Å²) in [5.41, 5.74) is 3.00. The monoisotopic (exact) mass is 353 g/mol. The van der Waals surface area contributed by atoms with Crippen molar-refractivity contribution in [3.8, 4) is 28.8 Å². The van der Waals surface area contributed by atoms with E-state index in [-0.39, 0.29) is 17.5 Å². The number of hydrogen-bond acceptors (Lipinski definition) is 5. The quantitative estimate of drug-likeness (QED) is 0.524. The van der Waals surface area contributed by atoms with Gasteiger partial charge in [0.25, 0.3) is 5.89 Å². The van der Waals surface area contributed by atoms with Gasteiger partial charge in [-0.2, -0.15) is 8.78 Å². The van der Waals surface area contributed by atoms with Crippen LogP contribution in [0.2, 0.25) is 0 Å². The van der Waals surface area contributed by atoms with Gasteiger partial charge in [0.15, 0.2) is 0 Å². The van der Waals surface area contributed by atoms with E-state index in [9.17, 15) is 8.78 Å². The van der Waals surface area contributed by atoms with Crippen molar-refractivity contribution in [2.45, 2.75) is 13.5 Å². The molecule has 0 N–H and O–H groups in total. The summed E-state index contributed by atoms with van der Waals surface area (Å²) < 4.78 is 34.8. The molecule has 0 amide bonds. The molecule has 0 saturated carbocycles. The Bertz CT molecular complexity index is 1080. The highest BCUT2D eigenvalue weighted by Crippen LogP contribution is 2.27. The zero-order valence-electron chi connectivity index (χ0n) is 13.7. The lowest BCUT2D eigenvalue weighted by atomic mass is 10.1. The number of rotatable bonds is 4. The molecule has 0 radical (unpaired) electrons. The van der Waals surface area contributed by atoms with Crippen molar-refractivity contribution in [2.75, 3.05) is 0 Å². The fraction of sp³-hybridized carbons (Fsp3) is 0.105. The molecule has 26 heavy (non-hydrogen) atoms. The summed E-state index contributed by atoms with van der Waals surface area (Å²) in [5.74, 6) is 0.477. The van der Waals surface area contributed by atoms with Crippen molar-refractivity contribution < 1.29 is 17.9 Å². The van der Waals surface area contributed by atoms with Crippen molar-refractivity contribution >= 4 is 10.9 Å². The normalized spacial score (nSPS) is 11.2. The standard InChI is InChI=1S/C19H13F2N3O2/c1-11-5-7-15-12(9-11)6-8-16(22-15)18-24-23-17(26-18)13-3-2-4-14(10-13)25-19(20)21/h2-10,19H,1H3. The first-order valence-electron chi connectivity index (χ1n) is 7.85. The summed E-state index contributed by atoms with van der Waals surface area (Å²) in [6.07, 6.45) is 0. The van der Waals surface area contributed by atoms with E-state index in [1.165, 1.54) is 12.1 Å². The Balaban J connectivity index is 1.67. The van der Waals surface area contributed by atoms with Gasteiger partial charge in [0.1, 0.15) is 11.4 Å². The largest absolute Gasteiger partial charge is 0.435 e. The molecule has 0 aliphatic carbocycles. The SMILES string of the molecule is Cc1ccc2nc(-c3nnc(-c4cccc(OC(F)F)c4)o3)ccc2c1. The second-order valence-electron chi connectivity index (χ2n) is 5.71. The number of aryl methyl sites for hydroxylation is 1. The smallest absolute Gasteiger partial charge is 0.387 e. The third-order valence-corrected chi connectivity index (χ3v) is 3.79. The Labute approximate surface area is 147 Å². The van der Waals surface area contributed by atoms with E-state index in [1.807, 2.05) is 31.2 Å². The molecule has 0 aliphatic rings. The van der Waals surface area contributed by atoms with Crippen LogP contribution in [0.25, 0.3) is 33.9 Å². The number of halogens is 2. The van der Waals surface area contributed by atoms with Crippen LogP contribution >= 0.6 is 0 Å². The second kappa shape index (κ2) is 6.51. The van der Waals surface area contributed by atoms with Crippen molar-refractivity contribution in [3.63, 3.8) is 0 Å². The number of nitrogens with zero attached hydrogens (tertiary/aromatic N) is 3. The second-order valence-corrected chi connectivity index (χ2v) is 5.71. The average Bonchev–Trinajstić information content (AvgIpc) is 3.11. The van der Waals surface area contributed by atoms with E-state index in [2.05, 4.69) is 19.9 Å². The molecule has 2 aromatic carbocycles. The maximum Gasteiger partial charge on any atom is 0.387 e. The number of hydrogen-bond donors (Lipinski definition) is 0. The predicted octanol–water partition coefficient (Wildman–Crippen LogP) is 4.86. The maximum atomic E-state index is 12.4. The van der Waals surface area contributed by atoms with Gasteiger partial charge in [-0.05, 0) is 43.3 Å². The highest BCUT2D eigenvalue weighted by Gasteiger charge is 2.13. The van der Waals surface area contributed by atoms with E-state index in [0.717, 1.165) is 16.5 Å². The molecular formula is C19H13F2N3O2. The number of fused-ring (bicyclic) bond motifs is 1. The van der Waals surface area contributed by atoms with Crippen LogP contribution in [-0.4, -0.2) is 21.8 Å². The van der Waals surface area contributed by atoms with Gasteiger partial charge < -0.3 is 9.15 Å². The topological polar surface area (TPSA) is 61.0 Å². The van der Waals surface area contributed by atoms with E-state index in [1.54, 1.807) is 18.2 Å². The summed E-state index contributed by atoms with van der Waals surface area (Å²) in [6, 6.07) is 15.8. The molecule has 4 rings (SSSR count). The zero-order valence-corrected chi connectivity index (χ0v) is 13.7.